The fourth-order valence-corrected chi connectivity index (χ4v) is 1.94. The smallest absolute Gasteiger partial charge is 0.0178 e. The lowest BCUT2D eigenvalue weighted by molar-refractivity contribution is 1.43. The van der Waals surface area contributed by atoms with Crippen LogP contribution in [0.4, 0.5) is 0 Å². The van der Waals surface area contributed by atoms with Gasteiger partial charge in [-0.1, -0.05) is 42.5 Å². The molecule has 1 heteroatoms. The van der Waals surface area contributed by atoms with E-state index in [9.17, 15) is 0 Å². The van der Waals surface area contributed by atoms with E-state index in [-0.39, 0.29) is 0 Å². The molecule has 0 spiro atoms. The van der Waals surface area contributed by atoms with Gasteiger partial charge in [-0.3, -0.25) is 0 Å². The van der Waals surface area contributed by atoms with Crippen LogP contribution in [-0.2, 0) is 0 Å². The number of hydrogen-bond acceptors (Lipinski definition) is 0. The van der Waals surface area contributed by atoms with Gasteiger partial charge in [0.1, 0.15) is 0 Å². The highest BCUT2D eigenvalue weighted by Crippen LogP contribution is 2.21. The first-order valence-electron chi connectivity index (χ1n) is 5.10. The molecule has 76 valence electrons. The fourth-order valence-electron chi connectivity index (χ4n) is 1.77. The van der Waals surface area contributed by atoms with E-state index in [1.54, 1.807) is 0 Å². The van der Waals surface area contributed by atoms with Crippen LogP contribution in [0.15, 0.2) is 42.5 Å². The van der Waals surface area contributed by atoms with Crippen molar-refractivity contribution in [2.24, 2.45) is 0 Å². The van der Waals surface area contributed by atoms with Gasteiger partial charge in [0, 0.05) is 0 Å². The molecular formula is C14H15P. The Morgan fingerprint density at radius 3 is 1.87 bits per heavy atom. The summed E-state index contributed by atoms with van der Waals surface area (Å²) in [7, 11) is 2.80. The molecule has 2 rings (SSSR count). The molecule has 2 aromatic carbocycles. The lowest BCUT2D eigenvalue weighted by atomic mass is 10.0. The number of rotatable bonds is 1. The van der Waals surface area contributed by atoms with E-state index in [1.807, 2.05) is 6.07 Å². The molecule has 1 atom stereocenters. The van der Waals surface area contributed by atoms with Crippen molar-refractivity contribution in [3.63, 3.8) is 0 Å². The lowest BCUT2D eigenvalue weighted by Crippen LogP contribution is -2.02. The van der Waals surface area contributed by atoms with Gasteiger partial charge in [0.2, 0.25) is 0 Å². The summed E-state index contributed by atoms with van der Waals surface area (Å²) in [6.07, 6.45) is 0. The molecule has 0 saturated heterocycles. The average molecular weight is 214 g/mol. The highest BCUT2D eigenvalue weighted by molar-refractivity contribution is 7.27. The van der Waals surface area contributed by atoms with Crippen LogP contribution in [0.1, 0.15) is 11.1 Å². The second-order valence-corrected chi connectivity index (χ2v) is 4.47. The third-order valence-corrected chi connectivity index (χ3v) is 3.61. The van der Waals surface area contributed by atoms with Gasteiger partial charge in [0.25, 0.3) is 0 Å². The standard InChI is InChI=1S/C14H15P/c1-10-8-13(9-11(2)14(10)15)12-6-4-3-5-7-12/h3-9H,15H2,1-2H3. The van der Waals surface area contributed by atoms with Crippen LogP contribution < -0.4 is 5.30 Å². The van der Waals surface area contributed by atoms with Crippen molar-refractivity contribution in [3.05, 3.63) is 53.6 Å². The Balaban J connectivity index is 2.56. The van der Waals surface area contributed by atoms with Crippen LogP contribution in [-0.4, -0.2) is 0 Å². The number of aryl methyl sites for hydroxylation is 2. The van der Waals surface area contributed by atoms with Crippen molar-refractivity contribution >= 4 is 14.5 Å². The molecule has 0 aliphatic heterocycles. The fraction of sp³-hybridized carbons (Fsp3) is 0.143. The Morgan fingerprint density at radius 1 is 0.800 bits per heavy atom. The monoisotopic (exact) mass is 214 g/mol. The third kappa shape index (κ3) is 2.11. The molecule has 0 saturated carbocycles. The molecule has 0 heterocycles. The van der Waals surface area contributed by atoms with E-state index < -0.39 is 0 Å². The predicted octanol–water partition coefficient (Wildman–Crippen LogP) is 3.47. The zero-order valence-corrected chi connectivity index (χ0v) is 10.3. The maximum absolute atomic E-state index is 2.80. The molecule has 0 bridgehead atoms. The Morgan fingerprint density at radius 2 is 1.33 bits per heavy atom. The van der Waals surface area contributed by atoms with Crippen molar-refractivity contribution in [1.29, 1.82) is 0 Å². The highest BCUT2D eigenvalue weighted by Gasteiger charge is 2.02. The van der Waals surface area contributed by atoms with Crippen molar-refractivity contribution < 1.29 is 0 Å². The van der Waals surface area contributed by atoms with Gasteiger partial charge >= 0.3 is 0 Å². The second-order valence-electron chi connectivity index (χ2n) is 3.89. The van der Waals surface area contributed by atoms with E-state index >= 15 is 0 Å². The number of hydrogen-bond donors (Lipinski definition) is 0. The Kier molecular flexibility index (Phi) is 2.88. The van der Waals surface area contributed by atoms with E-state index in [4.69, 9.17) is 0 Å². The van der Waals surface area contributed by atoms with Gasteiger partial charge in [0.05, 0.1) is 0 Å². The largest absolute Gasteiger partial charge is 0.105 e. The maximum Gasteiger partial charge on any atom is -0.0178 e. The molecule has 0 aliphatic rings. The summed E-state index contributed by atoms with van der Waals surface area (Å²) in [6, 6.07) is 15.0. The summed E-state index contributed by atoms with van der Waals surface area (Å²) in [4.78, 5) is 0. The first kappa shape index (κ1) is 10.4. The summed E-state index contributed by atoms with van der Waals surface area (Å²) in [5, 5.41) is 1.31. The summed E-state index contributed by atoms with van der Waals surface area (Å²) in [5.74, 6) is 0. The van der Waals surface area contributed by atoms with E-state index in [0.717, 1.165) is 0 Å². The number of benzene rings is 2. The molecular weight excluding hydrogens is 199 g/mol. The summed E-state index contributed by atoms with van der Waals surface area (Å²) in [5.41, 5.74) is 5.25. The minimum absolute atomic E-state index is 1.29. The molecule has 0 N–H and O–H groups in total. The van der Waals surface area contributed by atoms with Gasteiger partial charge in [-0.05, 0) is 41.4 Å². The first-order chi connectivity index (χ1) is 7.18. The topological polar surface area (TPSA) is 0 Å². The molecule has 0 aromatic heterocycles. The zero-order valence-electron chi connectivity index (χ0n) is 9.12. The van der Waals surface area contributed by atoms with Crippen LogP contribution in [0.5, 0.6) is 0 Å². The van der Waals surface area contributed by atoms with Crippen molar-refractivity contribution in [1.82, 2.24) is 0 Å². The van der Waals surface area contributed by atoms with Gasteiger partial charge in [-0.25, -0.2) is 0 Å². The zero-order chi connectivity index (χ0) is 10.8. The van der Waals surface area contributed by atoms with Gasteiger partial charge in [-0.15, -0.1) is 9.24 Å². The third-order valence-electron chi connectivity index (χ3n) is 2.70. The van der Waals surface area contributed by atoms with Crippen LogP contribution in [0.25, 0.3) is 11.1 Å². The van der Waals surface area contributed by atoms with E-state index in [2.05, 4.69) is 59.5 Å². The van der Waals surface area contributed by atoms with Crippen molar-refractivity contribution in [2.45, 2.75) is 13.8 Å². The Bertz CT molecular complexity index is 449. The average Bonchev–Trinajstić information content (AvgIpc) is 2.26. The van der Waals surface area contributed by atoms with E-state index in [0.29, 0.717) is 0 Å². The van der Waals surface area contributed by atoms with Crippen LogP contribution in [0.2, 0.25) is 0 Å². The molecule has 0 radical (unpaired) electrons. The first-order valence-corrected chi connectivity index (χ1v) is 5.68. The van der Waals surface area contributed by atoms with E-state index in [1.165, 1.54) is 27.6 Å². The highest BCUT2D eigenvalue weighted by atomic mass is 31.0. The van der Waals surface area contributed by atoms with Crippen LogP contribution in [0.3, 0.4) is 0 Å². The maximum atomic E-state index is 2.80. The molecule has 1 unspecified atom stereocenters. The molecule has 0 nitrogen and oxygen atoms in total. The van der Waals surface area contributed by atoms with Gasteiger partial charge < -0.3 is 0 Å². The minimum atomic E-state index is 1.29. The molecule has 15 heavy (non-hydrogen) atoms. The van der Waals surface area contributed by atoms with Gasteiger partial charge in [0.15, 0.2) is 0 Å². The molecule has 0 amide bonds. The Hall–Kier alpha value is -1.13. The normalized spacial score (nSPS) is 10.3. The predicted molar refractivity (Wildman–Crippen MR) is 70.7 cm³/mol. The second kappa shape index (κ2) is 4.16. The van der Waals surface area contributed by atoms with Crippen LogP contribution in [0, 0.1) is 13.8 Å². The minimum Gasteiger partial charge on any atom is -0.105 e. The Labute approximate surface area is 93.5 Å². The summed E-state index contributed by atoms with van der Waals surface area (Å²) < 4.78 is 0. The molecule has 0 fully saturated rings. The quantitative estimate of drug-likeness (QED) is 0.638. The molecule has 0 aliphatic carbocycles. The molecule has 2 aromatic rings. The lowest BCUT2D eigenvalue weighted by Gasteiger charge is -2.08. The van der Waals surface area contributed by atoms with Crippen LogP contribution >= 0.6 is 9.24 Å². The summed E-state index contributed by atoms with van der Waals surface area (Å²) in [6.45, 7) is 4.31. The SMILES string of the molecule is Cc1cc(-c2ccccc2)cc(C)c1P. The van der Waals surface area contributed by atoms with Gasteiger partial charge in [-0.2, -0.15) is 0 Å². The van der Waals surface area contributed by atoms with Crippen molar-refractivity contribution in [2.75, 3.05) is 0 Å². The summed E-state index contributed by atoms with van der Waals surface area (Å²) >= 11 is 0. The van der Waals surface area contributed by atoms with Crippen molar-refractivity contribution in [3.8, 4) is 11.1 Å².